The summed E-state index contributed by atoms with van der Waals surface area (Å²) in [5.41, 5.74) is 7.85. The van der Waals surface area contributed by atoms with E-state index in [4.69, 9.17) is 5.73 Å². The van der Waals surface area contributed by atoms with Crippen molar-refractivity contribution in [3.63, 3.8) is 0 Å². The van der Waals surface area contributed by atoms with Gasteiger partial charge in [0.25, 0.3) is 0 Å². The summed E-state index contributed by atoms with van der Waals surface area (Å²) in [6.07, 6.45) is 1.97. The number of phenols is 1. The van der Waals surface area contributed by atoms with E-state index in [9.17, 15) is 15.0 Å². The molecule has 0 bridgehead atoms. The van der Waals surface area contributed by atoms with Gasteiger partial charge in [-0.25, -0.2) is 0 Å². The van der Waals surface area contributed by atoms with Crippen LogP contribution >= 0.6 is 0 Å². The summed E-state index contributed by atoms with van der Waals surface area (Å²) < 4.78 is 0. The van der Waals surface area contributed by atoms with E-state index in [1.807, 2.05) is 6.07 Å². The average Bonchev–Trinajstić information content (AvgIpc) is 2.41. The predicted octanol–water partition coefficient (Wildman–Crippen LogP) is 1.41. The number of Topliss-reactive ketones (excluding diaryl/α,β-unsaturated/α-hetero) is 1. The van der Waals surface area contributed by atoms with Crippen LogP contribution in [0.4, 0.5) is 0 Å². The lowest BCUT2D eigenvalue weighted by Crippen LogP contribution is -2.66. The maximum absolute atomic E-state index is 11.9. The number of benzene rings is 1. The first-order valence-electron chi connectivity index (χ1n) is 7.24. The van der Waals surface area contributed by atoms with Gasteiger partial charge in [-0.05, 0) is 48.9 Å². The van der Waals surface area contributed by atoms with Gasteiger partial charge in [-0.2, -0.15) is 0 Å². The quantitative estimate of drug-likeness (QED) is 0.723. The van der Waals surface area contributed by atoms with Gasteiger partial charge in [-0.15, -0.1) is 0 Å². The molecule has 4 heteroatoms. The Morgan fingerprint density at radius 3 is 2.90 bits per heavy atom. The summed E-state index contributed by atoms with van der Waals surface area (Å²) in [5.74, 6) is 0.116. The minimum absolute atomic E-state index is 0.140. The van der Waals surface area contributed by atoms with Crippen LogP contribution in [0.1, 0.15) is 43.7 Å². The van der Waals surface area contributed by atoms with Gasteiger partial charge in [0.15, 0.2) is 5.78 Å². The van der Waals surface area contributed by atoms with Crippen molar-refractivity contribution in [1.82, 2.24) is 0 Å². The molecular weight excluding hydrogens is 254 g/mol. The molecule has 1 aromatic carbocycles. The zero-order valence-corrected chi connectivity index (χ0v) is 11.7. The summed E-state index contributed by atoms with van der Waals surface area (Å²) in [6, 6.07) is 5.37. The highest BCUT2D eigenvalue weighted by Crippen LogP contribution is 2.52. The third-order valence-corrected chi connectivity index (χ3v) is 5.40. The molecule has 0 aliphatic heterocycles. The second kappa shape index (κ2) is 4.30. The van der Waals surface area contributed by atoms with Crippen LogP contribution < -0.4 is 5.73 Å². The SMILES string of the molecule is CC[C@@]12C[C@H](O)C(=O)C[C@@]1(N)CCc1cc(O)ccc12. The summed E-state index contributed by atoms with van der Waals surface area (Å²) in [6.45, 7) is 2.06. The van der Waals surface area contributed by atoms with Crippen LogP contribution in [0, 0.1) is 0 Å². The summed E-state index contributed by atoms with van der Waals surface area (Å²) >= 11 is 0. The number of nitrogens with two attached hydrogens (primary N) is 1. The third-order valence-electron chi connectivity index (χ3n) is 5.40. The average molecular weight is 275 g/mol. The second-order valence-corrected chi connectivity index (χ2v) is 6.30. The topological polar surface area (TPSA) is 83.5 Å². The van der Waals surface area contributed by atoms with Gasteiger partial charge in [0, 0.05) is 17.4 Å². The molecule has 0 saturated heterocycles. The number of carbonyl (C=O) groups is 1. The zero-order chi connectivity index (χ0) is 14.5. The molecule has 2 aliphatic carbocycles. The molecule has 3 rings (SSSR count). The van der Waals surface area contributed by atoms with E-state index in [-0.39, 0.29) is 23.4 Å². The molecule has 3 atom stereocenters. The van der Waals surface area contributed by atoms with Gasteiger partial charge < -0.3 is 15.9 Å². The van der Waals surface area contributed by atoms with Gasteiger partial charge >= 0.3 is 0 Å². The Morgan fingerprint density at radius 1 is 1.45 bits per heavy atom. The molecule has 0 amide bonds. The zero-order valence-electron chi connectivity index (χ0n) is 11.7. The number of hydrogen-bond donors (Lipinski definition) is 3. The molecule has 20 heavy (non-hydrogen) atoms. The fourth-order valence-electron chi connectivity index (χ4n) is 4.25. The largest absolute Gasteiger partial charge is 0.508 e. The molecule has 0 aromatic heterocycles. The molecule has 0 unspecified atom stereocenters. The monoisotopic (exact) mass is 275 g/mol. The van der Waals surface area contributed by atoms with E-state index >= 15 is 0 Å². The Kier molecular flexibility index (Phi) is 2.92. The lowest BCUT2D eigenvalue weighted by Gasteiger charge is -2.55. The summed E-state index contributed by atoms with van der Waals surface area (Å²) in [7, 11) is 0. The van der Waals surface area contributed by atoms with Crippen molar-refractivity contribution in [2.24, 2.45) is 5.73 Å². The van der Waals surface area contributed by atoms with Crippen molar-refractivity contribution in [2.45, 2.75) is 56.1 Å². The molecule has 108 valence electrons. The highest BCUT2D eigenvalue weighted by Gasteiger charge is 2.57. The lowest BCUT2D eigenvalue weighted by atomic mass is 9.51. The minimum atomic E-state index is -0.925. The first-order valence-corrected chi connectivity index (χ1v) is 7.24. The number of aliphatic hydroxyl groups is 1. The number of aromatic hydroxyl groups is 1. The van der Waals surface area contributed by atoms with E-state index < -0.39 is 11.6 Å². The van der Waals surface area contributed by atoms with Gasteiger partial charge in [0.1, 0.15) is 11.9 Å². The number of carbonyl (C=O) groups excluding carboxylic acids is 1. The van der Waals surface area contributed by atoms with Crippen LogP contribution in [0.25, 0.3) is 0 Å². The van der Waals surface area contributed by atoms with Crippen molar-refractivity contribution in [3.05, 3.63) is 29.3 Å². The van der Waals surface area contributed by atoms with E-state index in [0.717, 1.165) is 30.4 Å². The molecule has 1 fully saturated rings. The molecular formula is C16H21NO3. The summed E-state index contributed by atoms with van der Waals surface area (Å²) in [5, 5.41) is 19.7. The van der Waals surface area contributed by atoms with Crippen molar-refractivity contribution in [3.8, 4) is 5.75 Å². The minimum Gasteiger partial charge on any atom is -0.508 e. The van der Waals surface area contributed by atoms with Crippen LogP contribution in [0.15, 0.2) is 18.2 Å². The molecule has 1 aromatic rings. The number of hydrogen-bond acceptors (Lipinski definition) is 4. The molecule has 4 nitrogen and oxygen atoms in total. The van der Waals surface area contributed by atoms with Gasteiger partial charge in [-0.1, -0.05) is 13.0 Å². The lowest BCUT2D eigenvalue weighted by molar-refractivity contribution is -0.135. The Morgan fingerprint density at radius 2 is 2.20 bits per heavy atom. The third kappa shape index (κ3) is 1.64. The number of phenolic OH excluding ortho intramolecular Hbond substituents is 1. The normalized spacial score (nSPS) is 36.4. The number of fused-ring (bicyclic) bond motifs is 3. The molecule has 0 heterocycles. The fourth-order valence-corrected chi connectivity index (χ4v) is 4.25. The fraction of sp³-hybridized carbons (Fsp3) is 0.562. The van der Waals surface area contributed by atoms with Crippen LogP contribution in [0.3, 0.4) is 0 Å². The van der Waals surface area contributed by atoms with Crippen molar-refractivity contribution >= 4 is 5.78 Å². The Hall–Kier alpha value is -1.39. The van der Waals surface area contributed by atoms with Crippen LogP contribution in [-0.2, 0) is 16.6 Å². The van der Waals surface area contributed by atoms with Crippen molar-refractivity contribution < 1.29 is 15.0 Å². The van der Waals surface area contributed by atoms with Crippen molar-refractivity contribution in [1.29, 1.82) is 0 Å². The first-order chi connectivity index (χ1) is 9.42. The predicted molar refractivity (Wildman–Crippen MR) is 75.6 cm³/mol. The highest BCUT2D eigenvalue weighted by molar-refractivity contribution is 5.86. The molecule has 0 radical (unpaired) electrons. The van der Waals surface area contributed by atoms with Crippen LogP contribution in [0.2, 0.25) is 0 Å². The molecule has 4 N–H and O–H groups in total. The Balaban J connectivity index is 2.18. The molecule has 2 aliphatic rings. The van der Waals surface area contributed by atoms with E-state index in [2.05, 4.69) is 6.92 Å². The van der Waals surface area contributed by atoms with Gasteiger partial charge in [0.05, 0.1) is 0 Å². The van der Waals surface area contributed by atoms with E-state index in [0.29, 0.717) is 6.42 Å². The molecule has 1 saturated carbocycles. The molecule has 0 spiro atoms. The van der Waals surface area contributed by atoms with Gasteiger partial charge in [-0.3, -0.25) is 4.79 Å². The standard InChI is InChI=1S/C16H21NO3/c1-2-15-8-13(19)14(20)9-16(15,17)6-5-10-7-11(18)3-4-12(10)15/h3-4,7,13,18-19H,2,5-6,8-9,17H2,1H3/t13-,15-,16-/m0/s1. The summed E-state index contributed by atoms with van der Waals surface area (Å²) in [4.78, 5) is 11.9. The first kappa shape index (κ1) is 13.6. The Bertz CT molecular complexity index is 571. The van der Waals surface area contributed by atoms with Gasteiger partial charge in [0.2, 0.25) is 0 Å². The highest BCUT2D eigenvalue weighted by atomic mass is 16.3. The van der Waals surface area contributed by atoms with E-state index in [1.165, 1.54) is 0 Å². The maximum Gasteiger partial charge on any atom is 0.163 e. The van der Waals surface area contributed by atoms with Crippen molar-refractivity contribution in [2.75, 3.05) is 0 Å². The number of aryl methyl sites for hydroxylation is 1. The number of ketones is 1. The second-order valence-electron chi connectivity index (χ2n) is 6.30. The Labute approximate surface area is 118 Å². The number of aliphatic hydroxyl groups excluding tert-OH is 1. The maximum atomic E-state index is 11.9. The van der Waals surface area contributed by atoms with E-state index in [1.54, 1.807) is 12.1 Å². The number of rotatable bonds is 1. The van der Waals surface area contributed by atoms with Crippen LogP contribution in [0.5, 0.6) is 5.75 Å². The smallest absolute Gasteiger partial charge is 0.163 e. The van der Waals surface area contributed by atoms with Crippen LogP contribution in [-0.4, -0.2) is 27.6 Å².